The first kappa shape index (κ1) is 15.8. The minimum absolute atomic E-state index is 0.170. The maximum atomic E-state index is 9.05. The van der Waals surface area contributed by atoms with Gasteiger partial charge < -0.3 is 15.3 Å². The first-order valence-electron chi connectivity index (χ1n) is 7.03. The highest BCUT2D eigenvalue weighted by atomic mass is 79.9. The molecule has 2 N–H and O–H groups in total. The molecule has 0 spiro atoms. The van der Waals surface area contributed by atoms with E-state index >= 15 is 0 Å². The third kappa shape index (κ3) is 4.72. The first-order chi connectivity index (χ1) is 10.2. The largest absolute Gasteiger partial charge is 0.395 e. The number of rotatable bonds is 7. The monoisotopic (exact) mass is 349 g/mol. The number of likely N-dealkylation sites (N-methyl/N-ethyl adjacent to an activating group) is 1. The van der Waals surface area contributed by atoms with Crippen LogP contribution in [0.3, 0.4) is 0 Å². The van der Waals surface area contributed by atoms with Gasteiger partial charge >= 0.3 is 0 Å². The summed E-state index contributed by atoms with van der Waals surface area (Å²) in [7, 11) is 0. The Labute approximate surface area is 134 Å². The van der Waals surface area contributed by atoms with Gasteiger partial charge in [0.05, 0.1) is 18.8 Å². The molecule has 112 valence electrons. The molecular formula is C16H20BrN3O. The molecular weight excluding hydrogens is 330 g/mol. The number of pyridine rings is 1. The maximum Gasteiger partial charge on any atom is 0.0606 e. The fourth-order valence-electron chi connectivity index (χ4n) is 2.08. The molecule has 0 unspecified atom stereocenters. The minimum atomic E-state index is 0.170. The fourth-order valence-corrected chi connectivity index (χ4v) is 2.32. The molecule has 0 amide bonds. The van der Waals surface area contributed by atoms with E-state index in [1.54, 1.807) is 6.20 Å². The van der Waals surface area contributed by atoms with Crippen LogP contribution in [-0.2, 0) is 6.54 Å². The Balaban J connectivity index is 1.94. The summed E-state index contributed by atoms with van der Waals surface area (Å²) in [5.41, 5.74) is 3.18. The molecule has 0 aliphatic rings. The van der Waals surface area contributed by atoms with Gasteiger partial charge in [-0.15, -0.1) is 0 Å². The molecule has 0 aliphatic carbocycles. The van der Waals surface area contributed by atoms with E-state index in [1.165, 1.54) is 0 Å². The summed E-state index contributed by atoms with van der Waals surface area (Å²) in [4.78, 5) is 6.47. The van der Waals surface area contributed by atoms with Crippen molar-refractivity contribution in [3.8, 4) is 0 Å². The van der Waals surface area contributed by atoms with Crippen molar-refractivity contribution < 1.29 is 5.11 Å². The van der Waals surface area contributed by atoms with Crippen LogP contribution in [0.25, 0.3) is 0 Å². The number of nitrogens with one attached hydrogen (secondary N) is 1. The Morgan fingerprint density at radius 2 is 1.95 bits per heavy atom. The summed E-state index contributed by atoms with van der Waals surface area (Å²) in [5, 5.41) is 12.4. The molecule has 2 aromatic rings. The first-order valence-corrected chi connectivity index (χ1v) is 7.82. The van der Waals surface area contributed by atoms with Crippen LogP contribution in [0, 0.1) is 0 Å². The Morgan fingerprint density at radius 1 is 1.19 bits per heavy atom. The highest BCUT2D eigenvalue weighted by Crippen LogP contribution is 2.18. The van der Waals surface area contributed by atoms with Crippen molar-refractivity contribution in [2.45, 2.75) is 13.5 Å². The SMILES string of the molecule is CCN(CCO)c1ccc(NCc2ccc(Br)cn2)cc1. The summed E-state index contributed by atoms with van der Waals surface area (Å²) in [6.45, 7) is 4.49. The van der Waals surface area contributed by atoms with Crippen molar-refractivity contribution in [2.75, 3.05) is 29.9 Å². The van der Waals surface area contributed by atoms with Gasteiger partial charge in [-0.3, -0.25) is 4.98 Å². The van der Waals surface area contributed by atoms with E-state index in [-0.39, 0.29) is 6.61 Å². The Hall–Kier alpha value is -1.59. The van der Waals surface area contributed by atoms with E-state index in [4.69, 9.17) is 5.11 Å². The van der Waals surface area contributed by atoms with Crippen LogP contribution in [0.15, 0.2) is 47.1 Å². The number of aliphatic hydroxyl groups is 1. The summed E-state index contributed by atoms with van der Waals surface area (Å²) < 4.78 is 0.985. The second-order valence-corrected chi connectivity index (χ2v) is 5.59. The molecule has 1 aromatic carbocycles. The second-order valence-electron chi connectivity index (χ2n) is 4.67. The Morgan fingerprint density at radius 3 is 2.52 bits per heavy atom. The number of hydrogen-bond donors (Lipinski definition) is 2. The highest BCUT2D eigenvalue weighted by Gasteiger charge is 2.03. The number of aliphatic hydroxyl groups excluding tert-OH is 1. The lowest BCUT2D eigenvalue weighted by Gasteiger charge is -2.22. The van der Waals surface area contributed by atoms with E-state index in [2.05, 4.69) is 50.2 Å². The number of anilines is 2. The van der Waals surface area contributed by atoms with Crippen molar-refractivity contribution in [3.63, 3.8) is 0 Å². The van der Waals surface area contributed by atoms with Gasteiger partial charge in [0.25, 0.3) is 0 Å². The molecule has 21 heavy (non-hydrogen) atoms. The van der Waals surface area contributed by atoms with Gasteiger partial charge in [-0.25, -0.2) is 0 Å². The topological polar surface area (TPSA) is 48.4 Å². The van der Waals surface area contributed by atoms with E-state index in [9.17, 15) is 0 Å². The predicted molar refractivity (Wildman–Crippen MR) is 90.7 cm³/mol. The summed E-state index contributed by atoms with van der Waals surface area (Å²) in [6.07, 6.45) is 1.80. The third-order valence-electron chi connectivity index (χ3n) is 3.25. The van der Waals surface area contributed by atoms with Crippen LogP contribution in [-0.4, -0.2) is 29.8 Å². The average Bonchev–Trinajstić information content (AvgIpc) is 2.53. The number of nitrogens with zero attached hydrogens (tertiary/aromatic N) is 2. The number of aromatic nitrogens is 1. The second kappa shape index (κ2) is 8.00. The van der Waals surface area contributed by atoms with Crippen molar-refractivity contribution in [1.29, 1.82) is 0 Å². The standard InChI is InChI=1S/C16H20BrN3O/c1-2-20(9-10-21)16-7-5-14(6-8-16)19-12-15-4-3-13(17)11-18-15/h3-8,11,19,21H,2,9-10,12H2,1H3. The fraction of sp³-hybridized carbons (Fsp3) is 0.312. The predicted octanol–water partition coefficient (Wildman–Crippen LogP) is 3.27. The molecule has 0 saturated carbocycles. The van der Waals surface area contributed by atoms with E-state index < -0.39 is 0 Å². The molecule has 0 radical (unpaired) electrons. The molecule has 0 saturated heterocycles. The summed E-state index contributed by atoms with van der Waals surface area (Å²) in [6, 6.07) is 12.2. The Bertz CT molecular complexity index is 542. The van der Waals surface area contributed by atoms with Crippen LogP contribution in [0.4, 0.5) is 11.4 Å². The van der Waals surface area contributed by atoms with E-state index in [0.717, 1.165) is 28.1 Å². The smallest absolute Gasteiger partial charge is 0.0606 e. The number of halogens is 1. The lowest BCUT2D eigenvalue weighted by Crippen LogP contribution is -2.25. The molecule has 0 atom stereocenters. The summed E-state index contributed by atoms with van der Waals surface area (Å²) >= 11 is 3.38. The van der Waals surface area contributed by atoms with Crippen LogP contribution < -0.4 is 10.2 Å². The Kier molecular flexibility index (Phi) is 6.02. The lowest BCUT2D eigenvalue weighted by molar-refractivity contribution is 0.302. The molecule has 4 nitrogen and oxygen atoms in total. The molecule has 0 aliphatic heterocycles. The van der Waals surface area contributed by atoms with Gasteiger partial charge in [0.1, 0.15) is 0 Å². The van der Waals surface area contributed by atoms with Crippen LogP contribution in [0.1, 0.15) is 12.6 Å². The van der Waals surface area contributed by atoms with E-state index in [0.29, 0.717) is 13.1 Å². The number of hydrogen-bond acceptors (Lipinski definition) is 4. The van der Waals surface area contributed by atoms with Gasteiger partial charge in [-0.05, 0) is 59.3 Å². The van der Waals surface area contributed by atoms with E-state index in [1.807, 2.05) is 24.3 Å². The maximum absolute atomic E-state index is 9.05. The number of benzene rings is 1. The normalized spacial score (nSPS) is 10.4. The van der Waals surface area contributed by atoms with Crippen molar-refractivity contribution in [2.24, 2.45) is 0 Å². The molecule has 5 heteroatoms. The van der Waals surface area contributed by atoms with Crippen LogP contribution in [0.5, 0.6) is 0 Å². The molecule has 0 fully saturated rings. The van der Waals surface area contributed by atoms with Gasteiger partial charge in [-0.2, -0.15) is 0 Å². The molecule has 1 aromatic heterocycles. The van der Waals surface area contributed by atoms with Crippen molar-refractivity contribution in [3.05, 3.63) is 52.8 Å². The quantitative estimate of drug-likeness (QED) is 0.805. The lowest BCUT2D eigenvalue weighted by atomic mass is 10.2. The molecule has 1 heterocycles. The van der Waals surface area contributed by atoms with Gasteiger partial charge in [0.2, 0.25) is 0 Å². The van der Waals surface area contributed by atoms with Crippen LogP contribution >= 0.6 is 15.9 Å². The molecule has 2 rings (SSSR count). The zero-order valence-electron chi connectivity index (χ0n) is 12.1. The zero-order valence-corrected chi connectivity index (χ0v) is 13.7. The summed E-state index contributed by atoms with van der Waals surface area (Å²) in [5.74, 6) is 0. The zero-order chi connectivity index (χ0) is 15.1. The van der Waals surface area contributed by atoms with Crippen molar-refractivity contribution in [1.82, 2.24) is 4.98 Å². The van der Waals surface area contributed by atoms with Gasteiger partial charge in [-0.1, -0.05) is 0 Å². The third-order valence-corrected chi connectivity index (χ3v) is 3.72. The molecule has 0 bridgehead atoms. The highest BCUT2D eigenvalue weighted by molar-refractivity contribution is 9.10. The van der Waals surface area contributed by atoms with Crippen LogP contribution in [0.2, 0.25) is 0 Å². The van der Waals surface area contributed by atoms with Gasteiger partial charge in [0.15, 0.2) is 0 Å². The van der Waals surface area contributed by atoms with Gasteiger partial charge in [0, 0.05) is 35.1 Å². The van der Waals surface area contributed by atoms with Crippen molar-refractivity contribution >= 4 is 27.3 Å². The average molecular weight is 350 g/mol. The minimum Gasteiger partial charge on any atom is -0.395 e.